The van der Waals surface area contributed by atoms with Crippen molar-refractivity contribution in [2.75, 3.05) is 19.4 Å². The van der Waals surface area contributed by atoms with E-state index in [2.05, 4.69) is 16.9 Å². The van der Waals surface area contributed by atoms with Gasteiger partial charge in [0.2, 0.25) is 5.91 Å². The maximum absolute atomic E-state index is 13.1. The molecule has 1 heterocycles. The largest absolute Gasteiger partial charge is 0.497 e. The average molecular weight is 422 g/mol. The Labute approximate surface area is 180 Å². The molecule has 0 saturated carbocycles. The van der Waals surface area contributed by atoms with Crippen molar-refractivity contribution in [1.29, 1.82) is 0 Å². The van der Waals surface area contributed by atoms with Gasteiger partial charge in [0, 0.05) is 6.54 Å². The first-order valence-corrected chi connectivity index (χ1v) is 10.4. The molecule has 0 unspecified atom stereocenters. The number of aliphatic imine (C=N–C) groups is 1. The normalized spacial score (nSPS) is 14.6. The number of hydrogen-bond donors (Lipinski definition) is 1. The number of amidine groups is 1. The predicted octanol–water partition coefficient (Wildman–Crippen LogP) is 3.47. The molecular weight excluding hydrogens is 398 g/mol. The number of ether oxygens (including phenoxy) is 1. The number of hydrogen-bond acceptors (Lipinski definition) is 5. The molecule has 2 aromatic rings. The van der Waals surface area contributed by atoms with Gasteiger partial charge in [-0.05, 0) is 29.3 Å². The number of methoxy groups -OCH3 is 1. The third-order valence-corrected chi connectivity index (χ3v) is 5.27. The zero-order chi connectivity index (χ0) is 21.3. The van der Waals surface area contributed by atoms with Gasteiger partial charge in [0.15, 0.2) is 5.17 Å². The Morgan fingerprint density at radius 3 is 2.60 bits per heavy atom. The maximum atomic E-state index is 13.1. The summed E-state index contributed by atoms with van der Waals surface area (Å²) in [5, 5.41) is 3.24. The molecule has 0 aromatic heterocycles. The van der Waals surface area contributed by atoms with Gasteiger partial charge in [0.05, 0.1) is 19.4 Å². The van der Waals surface area contributed by atoms with E-state index in [0.717, 1.165) is 16.9 Å². The summed E-state index contributed by atoms with van der Waals surface area (Å²) in [6.07, 6.45) is 3.36. The molecule has 1 N–H and O–H groups in total. The summed E-state index contributed by atoms with van der Waals surface area (Å²) in [6, 6.07) is 17.1. The van der Waals surface area contributed by atoms with E-state index in [4.69, 9.17) is 4.74 Å². The summed E-state index contributed by atoms with van der Waals surface area (Å²) in [5.74, 6) is 0.581. The van der Waals surface area contributed by atoms with Crippen LogP contribution >= 0.6 is 11.8 Å². The number of rotatable bonds is 8. The van der Waals surface area contributed by atoms with Gasteiger partial charge >= 0.3 is 0 Å². The number of carbonyl (C=O) groups is 2. The Morgan fingerprint density at radius 1 is 1.20 bits per heavy atom. The molecule has 7 heteroatoms. The highest BCUT2D eigenvalue weighted by Gasteiger charge is 2.31. The highest BCUT2D eigenvalue weighted by molar-refractivity contribution is 8.14. The van der Waals surface area contributed by atoms with Crippen molar-refractivity contribution in [2.45, 2.75) is 6.54 Å². The fraction of sp³-hybridized carbons (Fsp3) is 0.174. The Balaban J connectivity index is 1.81. The molecule has 3 rings (SSSR count). The molecule has 2 amide bonds. The molecule has 6 nitrogen and oxygen atoms in total. The first kappa shape index (κ1) is 21.4. The van der Waals surface area contributed by atoms with Crippen molar-refractivity contribution in [1.82, 2.24) is 10.2 Å². The Bertz CT molecular complexity index is 969. The standard InChI is InChI=1S/C23H23N3O3S/c1-3-13-24-21(27)16-30-23-25-20(14-17-9-11-19(29-2)12-10-17)22(28)26(23)15-18-7-5-4-6-8-18/h3-12,14H,1,13,15-16H2,2H3,(H,24,27)/b20-14-. The molecule has 1 aliphatic heterocycles. The summed E-state index contributed by atoms with van der Waals surface area (Å²) in [6.45, 7) is 4.38. The molecule has 0 radical (unpaired) electrons. The van der Waals surface area contributed by atoms with Gasteiger partial charge in [-0.3, -0.25) is 14.5 Å². The lowest BCUT2D eigenvalue weighted by molar-refractivity contribution is -0.123. The average Bonchev–Trinajstić information content (AvgIpc) is 3.06. The van der Waals surface area contributed by atoms with Gasteiger partial charge in [-0.1, -0.05) is 60.3 Å². The molecule has 0 spiro atoms. The second-order valence-corrected chi connectivity index (χ2v) is 7.40. The molecule has 0 bridgehead atoms. The number of thioether (sulfide) groups is 1. The summed E-state index contributed by atoms with van der Waals surface area (Å²) < 4.78 is 5.17. The number of nitrogens with zero attached hydrogens (tertiary/aromatic N) is 2. The van der Waals surface area contributed by atoms with Crippen molar-refractivity contribution >= 4 is 34.8 Å². The summed E-state index contributed by atoms with van der Waals surface area (Å²) in [7, 11) is 1.61. The van der Waals surface area contributed by atoms with E-state index in [1.165, 1.54) is 11.8 Å². The van der Waals surface area contributed by atoms with Crippen molar-refractivity contribution in [2.24, 2.45) is 4.99 Å². The fourth-order valence-corrected chi connectivity index (χ4v) is 3.60. The molecule has 0 fully saturated rings. The van der Waals surface area contributed by atoms with Crippen LogP contribution in [0.3, 0.4) is 0 Å². The van der Waals surface area contributed by atoms with Crippen molar-refractivity contribution in [3.63, 3.8) is 0 Å². The fourth-order valence-electron chi connectivity index (χ4n) is 2.77. The zero-order valence-electron chi connectivity index (χ0n) is 16.7. The number of carbonyl (C=O) groups excluding carboxylic acids is 2. The molecule has 0 saturated heterocycles. The van der Waals surface area contributed by atoms with E-state index < -0.39 is 0 Å². The third kappa shape index (κ3) is 5.61. The highest BCUT2D eigenvalue weighted by atomic mass is 32.2. The van der Waals surface area contributed by atoms with Crippen LogP contribution in [-0.2, 0) is 16.1 Å². The predicted molar refractivity (Wildman–Crippen MR) is 121 cm³/mol. The lowest BCUT2D eigenvalue weighted by atomic mass is 10.1. The molecular formula is C23H23N3O3S. The quantitative estimate of drug-likeness (QED) is 0.523. The first-order valence-electron chi connectivity index (χ1n) is 9.41. The number of benzene rings is 2. The minimum absolute atomic E-state index is 0.137. The van der Waals surface area contributed by atoms with Gasteiger partial charge in [-0.15, -0.1) is 6.58 Å². The van der Waals surface area contributed by atoms with Crippen LogP contribution in [-0.4, -0.2) is 41.3 Å². The van der Waals surface area contributed by atoms with E-state index in [-0.39, 0.29) is 17.6 Å². The molecule has 1 aliphatic rings. The minimum atomic E-state index is -0.191. The minimum Gasteiger partial charge on any atom is -0.497 e. The van der Waals surface area contributed by atoms with Crippen LogP contribution in [0.5, 0.6) is 5.75 Å². The van der Waals surface area contributed by atoms with E-state index in [9.17, 15) is 9.59 Å². The van der Waals surface area contributed by atoms with Crippen LogP contribution in [0.1, 0.15) is 11.1 Å². The molecule has 154 valence electrons. The number of nitrogens with one attached hydrogen (secondary N) is 1. The molecule has 0 atom stereocenters. The lowest BCUT2D eigenvalue weighted by Gasteiger charge is -2.17. The van der Waals surface area contributed by atoms with Gasteiger partial charge in [0.25, 0.3) is 5.91 Å². The Hall–Kier alpha value is -3.32. The van der Waals surface area contributed by atoms with Gasteiger partial charge < -0.3 is 10.1 Å². The van der Waals surface area contributed by atoms with Crippen LogP contribution in [0, 0.1) is 0 Å². The van der Waals surface area contributed by atoms with Crippen LogP contribution in [0.4, 0.5) is 0 Å². The summed E-state index contributed by atoms with van der Waals surface area (Å²) >= 11 is 1.24. The van der Waals surface area contributed by atoms with E-state index in [1.807, 2.05) is 54.6 Å². The zero-order valence-corrected chi connectivity index (χ0v) is 17.5. The first-order chi connectivity index (χ1) is 14.6. The van der Waals surface area contributed by atoms with Crippen LogP contribution in [0.2, 0.25) is 0 Å². The Morgan fingerprint density at radius 2 is 1.93 bits per heavy atom. The van der Waals surface area contributed by atoms with Crippen molar-refractivity contribution in [3.8, 4) is 5.75 Å². The third-order valence-electron chi connectivity index (χ3n) is 4.29. The molecule has 30 heavy (non-hydrogen) atoms. The van der Waals surface area contributed by atoms with Crippen molar-refractivity contribution in [3.05, 3.63) is 84.1 Å². The Kier molecular flexibility index (Phi) is 7.45. The molecule has 0 aliphatic carbocycles. The lowest BCUT2D eigenvalue weighted by Crippen LogP contribution is -2.32. The van der Waals surface area contributed by atoms with Gasteiger partial charge in [-0.25, -0.2) is 4.99 Å². The smallest absolute Gasteiger partial charge is 0.278 e. The maximum Gasteiger partial charge on any atom is 0.278 e. The van der Waals surface area contributed by atoms with E-state index in [0.29, 0.717) is 24.0 Å². The second kappa shape index (κ2) is 10.5. The van der Waals surface area contributed by atoms with Crippen LogP contribution in [0.15, 0.2) is 77.9 Å². The molecule has 2 aromatic carbocycles. The van der Waals surface area contributed by atoms with Crippen LogP contribution in [0.25, 0.3) is 6.08 Å². The SMILES string of the molecule is C=CCNC(=O)CSC1=N/C(=C\c2ccc(OC)cc2)C(=O)N1Cc1ccccc1. The topological polar surface area (TPSA) is 71.0 Å². The number of amides is 2. The van der Waals surface area contributed by atoms with Crippen LogP contribution < -0.4 is 10.1 Å². The van der Waals surface area contributed by atoms with Crippen molar-refractivity contribution < 1.29 is 14.3 Å². The van der Waals surface area contributed by atoms with E-state index in [1.54, 1.807) is 24.2 Å². The summed E-state index contributed by atoms with van der Waals surface area (Å²) in [4.78, 5) is 31.2. The highest BCUT2D eigenvalue weighted by Crippen LogP contribution is 2.26. The van der Waals surface area contributed by atoms with Gasteiger partial charge in [-0.2, -0.15) is 0 Å². The second-order valence-electron chi connectivity index (χ2n) is 6.46. The monoisotopic (exact) mass is 421 g/mol. The van der Waals surface area contributed by atoms with E-state index >= 15 is 0 Å². The van der Waals surface area contributed by atoms with Gasteiger partial charge in [0.1, 0.15) is 11.4 Å². The summed E-state index contributed by atoms with van der Waals surface area (Å²) in [5.41, 5.74) is 2.17.